The first-order chi connectivity index (χ1) is 43.5. The fraction of sp³-hybridized carbons (Fsp3) is 0.466. The lowest BCUT2D eigenvalue weighted by atomic mass is 9.75. The number of amides is 3. The monoisotopic (exact) mass is 1490 g/mol. The summed E-state index contributed by atoms with van der Waals surface area (Å²) < 4.78 is 44.9. The van der Waals surface area contributed by atoms with Gasteiger partial charge in [0.05, 0.1) is 16.8 Å². The molecule has 98 heavy (non-hydrogen) atoms. The van der Waals surface area contributed by atoms with Crippen LogP contribution >= 0.6 is 72.0 Å². The first kappa shape index (κ1) is 92.9. The highest BCUT2D eigenvalue weighted by molar-refractivity contribution is 6.32. The third kappa shape index (κ3) is 26.0. The quantitative estimate of drug-likeness (QED) is 0.0420. The number of rotatable bonds is 20. The van der Waals surface area contributed by atoms with Crippen LogP contribution < -0.4 is 17.2 Å². The summed E-state index contributed by atoms with van der Waals surface area (Å²) in [7, 11) is 11.8. The van der Waals surface area contributed by atoms with Crippen molar-refractivity contribution in [1.82, 2.24) is 29.4 Å². The highest BCUT2D eigenvalue weighted by atomic mass is 35.5. The van der Waals surface area contributed by atoms with E-state index in [0.29, 0.717) is 146 Å². The number of aliphatic hydroxyl groups is 3. The zero-order chi connectivity index (χ0) is 67.7. The standard InChI is InChI=1S/3C22H27ClFN3O2.C4H10O.3CH4.3ClH/c3*1-26(2)13-18-14-27(12-16-6-7-19(24)11-20(16)23)9-8-22(18,29)17-5-3-4-15(10-17)21(25)28;1-3-5-4-2;;;;;;/h3*3-7,10-11,18,29H,8-9,12-14H2,1-2H3,(H2,25,28);3-4H2,1-2H3;3*1H4;3*1H/t3*18-,22-;;;;;;;/m110......./s1. The minimum Gasteiger partial charge on any atom is -0.385 e. The van der Waals surface area contributed by atoms with E-state index in [4.69, 9.17) is 56.7 Å². The first-order valence-electron chi connectivity index (χ1n) is 30.9. The van der Waals surface area contributed by atoms with Crippen molar-refractivity contribution in [1.29, 1.82) is 0 Å². The largest absolute Gasteiger partial charge is 0.385 e. The highest BCUT2D eigenvalue weighted by Crippen LogP contribution is 2.42. The van der Waals surface area contributed by atoms with Crippen LogP contribution in [0.25, 0.3) is 0 Å². The number of likely N-dealkylation sites (tertiary alicyclic amines) is 3. The van der Waals surface area contributed by atoms with Gasteiger partial charge in [0.15, 0.2) is 0 Å². The number of carbonyl (C=O) groups excluding carboxylic acids is 3. The molecule has 3 aliphatic rings. The summed E-state index contributed by atoms with van der Waals surface area (Å²) in [6.07, 6.45) is 1.52. The zero-order valence-electron chi connectivity index (χ0n) is 55.3. The highest BCUT2D eigenvalue weighted by Gasteiger charge is 2.46. The fourth-order valence-electron chi connectivity index (χ4n) is 12.5. The molecule has 0 radical (unpaired) electrons. The van der Waals surface area contributed by atoms with Crippen LogP contribution in [0.2, 0.25) is 15.1 Å². The maximum absolute atomic E-state index is 13.3. The minimum absolute atomic E-state index is 0. The van der Waals surface area contributed by atoms with Crippen LogP contribution in [0.3, 0.4) is 0 Å². The number of hydrogen-bond acceptors (Lipinski definition) is 13. The van der Waals surface area contributed by atoms with Crippen LogP contribution in [0.15, 0.2) is 127 Å². The molecule has 0 spiro atoms. The van der Waals surface area contributed by atoms with E-state index in [1.165, 1.54) is 36.4 Å². The van der Waals surface area contributed by atoms with Crippen molar-refractivity contribution in [3.05, 3.63) is 210 Å². The number of nitrogens with zero attached hydrogens (tertiary/aromatic N) is 6. The molecule has 0 unspecified atom stereocenters. The fourth-order valence-corrected chi connectivity index (χ4v) is 13.2. The van der Waals surface area contributed by atoms with E-state index in [-0.39, 0.29) is 94.7 Å². The van der Waals surface area contributed by atoms with Crippen LogP contribution in [0.5, 0.6) is 0 Å². The molecule has 9 rings (SSSR count). The third-order valence-electron chi connectivity index (χ3n) is 17.2. The average Bonchev–Trinajstić information content (AvgIpc) is 0.786. The van der Waals surface area contributed by atoms with Gasteiger partial charge < -0.3 is 52.0 Å². The average molecular weight is 1490 g/mol. The minimum atomic E-state index is -1.07. The van der Waals surface area contributed by atoms with Crippen molar-refractivity contribution in [2.45, 2.75) is 91.8 Å². The summed E-state index contributed by atoms with van der Waals surface area (Å²) in [5, 5.41) is 36.2. The molecule has 0 aliphatic carbocycles. The lowest BCUT2D eigenvalue weighted by Crippen LogP contribution is -2.52. The van der Waals surface area contributed by atoms with Gasteiger partial charge in [0.2, 0.25) is 17.7 Å². The topological polar surface area (TPSA) is 219 Å². The predicted octanol–water partition coefficient (Wildman–Crippen LogP) is 12.8. The number of primary amides is 3. The Hall–Kier alpha value is -5.14. The summed E-state index contributed by atoms with van der Waals surface area (Å²) in [5.41, 5.74) is 18.9. The van der Waals surface area contributed by atoms with Crippen LogP contribution in [0.1, 0.15) is 120 Å². The molecule has 25 heteroatoms. The molecular formula is C73H106Cl6F3N9O7. The number of hydrogen-bond donors (Lipinski definition) is 6. The van der Waals surface area contributed by atoms with Gasteiger partial charge in [-0.15, -0.1) is 37.2 Å². The van der Waals surface area contributed by atoms with E-state index in [9.17, 15) is 42.9 Å². The summed E-state index contributed by atoms with van der Waals surface area (Å²) in [6.45, 7) is 13.3. The SMILES string of the molecule is C.C.C.CCOCC.CN(C)C[C@@H]1CN(Cc2ccc(F)cc2Cl)CC[C@@]1(O)c1cccc(C(N)=O)c1.CN(C)C[C@@H]1CN(Cc2ccc(F)cc2Cl)CC[C@@]1(O)c1cccc(C(N)=O)c1.CN(C)C[C@H]1CN(Cc2ccc(F)cc2Cl)CC[C@]1(O)c1cccc(C(N)=O)c1.Cl.Cl.Cl. The lowest BCUT2D eigenvalue weighted by Gasteiger charge is -2.46. The van der Waals surface area contributed by atoms with E-state index >= 15 is 0 Å². The van der Waals surface area contributed by atoms with E-state index in [0.717, 1.165) is 29.9 Å². The molecule has 3 heterocycles. The Morgan fingerprint density at radius 3 is 0.898 bits per heavy atom. The van der Waals surface area contributed by atoms with Crippen molar-refractivity contribution in [3.8, 4) is 0 Å². The van der Waals surface area contributed by atoms with Gasteiger partial charge in [-0.2, -0.15) is 0 Å². The second kappa shape index (κ2) is 43.0. The summed E-state index contributed by atoms with van der Waals surface area (Å²) >= 11 is 18.6. The molecule has 6 atom stereocenters. The number of ether oxygens (including phenoxy) is 1. The second-order valence-electron chi connectivity index (χ2n) is 24.9. The Kier molecular flexibility index (Phi) is 40.7. The Morgan fingerprint density at radius 1 is 0.459 bits per heavy atom. The number of piperidine rings is 3. The van der Waals surface area contributed by atoms with Crippen molar-refractivity contribution in [3.63, 3.8) is 0 Å². The molecule has 3 aliphatic heterocycles. The second-order valence-corrected chi connectivity index (χ2v) is 26.2. The molecule has 0 saturated carbocycles. The van der Waals surface area contributed by atoms with Gasteiger partial charge in [-0.25, -0.2) is 13.2 Å². The Morgan fingerprint density at radius 2 is 0.704 bits per heavy atom. The third-order valence-corrected chi connectivity index (χ3v) is 18.3. The number of carbonyl (C=O) groups is 3. The van der Waals surface area contributed by atoms with Gasteiger partial charge >= 0.3 is 0 Å². The maximum atomic E-state index is 13.3. The van der Waals surface area contributed by atoms with E-state index in [2.05, 4.69) is 14.7 Å². The predicted molar refractivity (Wildman–Crippen MR) is 401 cm³/mol. The van der Waals surface area contributed by atoms with Crippen molar-refractivity contribution < 1.29 is 47.6 Å². The van der Waals surface area contributed by atoms with Gasteiger partial charge in [-0.1, -0.05) is 112 Å². The molecule has 16 nitrogen and oxygen atoms in total. The summed E-state index contributed by atoms with van der Waals surface area (Å²) in [6, 6.07) is 34.2. The molecule has 3 saturated heterocycles. The Bertz CT molecular complexity index is 3090. The Labute approximate surface area is 614 Å². The number of halogens is 9. The lowest BCUT2D eigenvalue weighted by molar-refractivity contribution is -0.0864. The zero-order valence-corrected chi connectivity index (χ0v) is 60.0. The molecule has 548 valence electrons. The Balaban J connectivity index is 0.00000135. The van der Waals surface area contributed by atoms with Crippen LogP contribution in [-0.2, 0) is 41.2 Å². The number of nitrogens with two attached hydrogens (primary N) is 3. The van der Waals surface area contributed by atoms with E-state index in [1.54, 1.807) is 72.8 Å². The molecule has 3 amide bonds. The van der Waals surface area contributed by atoms with Crippen molar-refractivity contribution in [2.75, 3.05) is 114 Å². The molecular weight excluding hydrogens is 1380 g/mol. The van der Waals surface area contributed by atoms with Gasteiger partial charge in [-0.3, -0.25) is 29.1 Å². The molecule has 6 aromatic carbocycles. The van der Waals surface area contributed by atoms with Gasteiger partial charge in [-0.05, 0) is 182 Å². The number of benzene rings is 6. The van der Waals surface area contributed by atoms with Crippen molar-refractivity contribution >= 4 is 89.7 Å². The van der Waals surface area contributed by atoms with E-state index < -0.39 is 34.5 Å². The molecule has 3 fully saturated rings. The molecule has 0 aromatic heterocycles. The maximum Gasteiger partial charge on any atom is 0.248 e. The normalized spacial score (nSPS) is 20.6. The van der Waals surface area contributed by atoms with E-state index in [1.807, 2.05) is 89.0 Å². The van der Waals surface area contributed by atoms with Crippen molar-refractivity contribution in [2.24, 2.45) is 35.0 Å². The smallest absolute Gasteiger partial charge is 0.248 e. The van der Waals surface area contributed by atoms with Crippen LogP contribution in [0.4, 0.5) is 13.2 Å². The van der Waals surface area contributed by atoms with Gasteiger partial charge in [0.1, 0.15) is 17.5 Å². The molecule has 9 N–H and O–H groups in total. The van der Waals surface area contributed by atoms with Gasteiger partial charge in [0, 0.05) is 141 Å². The first-order valence-corrected chi connectivity index (χ1v) is 32.0. The molecule has 6 aromatic rings. The molecule has 0 bridgehead atoms. The van der Waals surface area contributed by atoms with Gasteiger partial charge in [0.25, 0.3) is 0 Å². The van der Waals surface area contributed by atoms with Crippen LogP contribution in [0, 0.1) is 35.2 Å². The summed E-state index contributed by atoms with van der Waals surface area (Å²) in [4.78, 5) is 47.6. The van der Waals surface area contributed by atoms with Crippen LogP contribution in [-0.4, -0.2) is 177 Å². The summed E-state index contributed by atoms with van der Waals surface area (Å²) in [5.74, 6) is -2.87.